The quantitative estimate of drug-likeness (QED) is 0.780. The highest BCUT2D eigenvalue weighted by molar-refractivity contribution is 5.85. The second-order valence-corrected chi connectivity index (χ2v) is 5.42. The van der Waals surface area contributed by atoms with Crippen molar-refractivity contribution < 1.29 is 18.3 Å². The maximum absolute atomic E-state index is 12.4. The highest BCUT2D eigenvalue weighted by atomic mass is 35.5. The third-order valence-electron chi connectivity index (χ3n) is 3.85. The highest BCUT2D eigenvalue weighted by Gasteiger charge is 2.24. The van der Waals surface area contributed by atoms with E-state index in [4.69, 9.17) is 4.74 Å². The largest absolute Gasteiger partial charge is 0.490 e. The van der Waals surface area contributed by atoms with Crippen LogP contribution in [0.3, 0.4) is 0 Å². The minimum Gasteiger partial charge on any atom is -0.490 e. The Labute approximate surface area is 142 Å². The van der Waals surface area contributed by atoms with Gasteiger partial charge in [-0.05, 0) is 51.1 Å². The summed E-state index contributed by atoms with van der Waals surface area (Å²) in [5, 5.41) is 3.22. The Kier molecular flexibility index (Phi) is 8.58. The van der Waals surface area contributed by atoms with E-state index in [1.54, 1.807) is 12.1 Å². The molecule has 2 rings (SSSR count). The molecule has 0 aromatic heterocycles. The van der Waals surface area contributed by atoms with Gasteiger partial charge in [-0.25, -0.2) is 0 Å². The van der Waals surface area contributed by atoms with E-state index in [1.165, 1.54) is 12.8 Å². The molecule has 23 heavy (non-hydrogen) atoms. The van der Waals surface area contributed by atoms with Gasteiger partial charge >= 0.3 is 6.61 Å². The Bertz CT molecular complexity index is 477. The minimum atomic E-state index is -2.84. The van der Waals surface area contributed by atoms with E-state index in [2.05, 4.69) is 15.0 Å². The number of hydrogen-bond donors (Lipinski definition) is 1. The number of nitrogens with one attached hydrogen (secondary N) is 1. The summed E-state index contributed by atoms with van der Waals surface area (Å²) in [6.45, 7) is 2.21. The maximum Gasteiger partial charge on any atom is 0.387 e. The van der Waals surface area contributed by atoms with Crippen LogP contribution in [0.1, 0.15) is 25.3 Å². The summed E-state index contributed by atoms with van der Waals surface area (Å²) < 4.78 is 34.8. The van der Waals surface area contributed by atoms with Crippen LogP contribution in [0, 0.1) is 0 Å². The van der Waals surface area contributed by atoms with Crippen molar-refractivity contribution in [3.63, 3.8) is 0 Å². The topological polar surface area (TPSA) is 33.7 Å². The molecule has 1 atom stereocenters. The molecule has 1 N–H and O–H groups in total. The Hall–Kier alpha value is -1.11. The lowest BCUT2D eigenvalue weighted by Crippen LogP contribution is -2.36. The van der Waals surface area contributed by atoms with Crippen LogP contribution < -0.4 is 14.8 Å². The van der Waals surface area contributed by atoms with Crippen LogP contribution in [0.2, 0.25) is 0 Å². The predicted molar refractivity (Wildman–Crippen MR) is 88.8 cm³/mol. The SMILES string of the molecule is CCOc1cc(CN2CCCC2CNC)ccc1OC(F)F.Cl. The molecule has 1 aromatic carbocycles. The van der Waals surface area contributed by atoms with Gasteiger partial charge in [0, 0.05) is 19.1 Å². The Balaban J connectivity index is 0.00000264. The average Bonchev–Trinajstić information content (AvgIpc) is 2.89. The van der Waals surface area contributed by atoms with Crippen LogP contribution in [0.25, 0.3) is 0 Å². The molecule has 0 aliphatic carbocycles. The highest BCUT2D eigenvalue weighted by Crippen LogP contribution is 2.31. The third-order valence-corrected chi connectivity index (χ3v) is 3.85. The number of benzene rings is 1. The number of nitrogens with zero attached hydrogens (tertiary/aromatic N) is 1. The molecule has 7 heteroatoms. The van der Waals surface area contributed by atoms with Gasteiger partial charge in [-0.2, -0.15) is 8.78 Å². The fourth-order valence-electron chi connectivity index (χ4n) is 2.92. The summed E-state index contributed by atoms with van der Waals surface area (Å²) >= 11 is 0. The molecule has 4 nitrogen and oxygen atoms in total. The van der Waals surface area contributed by atoms with E-state index >= 15 is 0 Å². The molecule has 0 spiro atoms. The number of hydrogen-bond acceptors (Lipinski definition) is 4. The summed E-state index contributed by atoms with van der Waals surface area (Å²) in [4.78, 5) is 2.41. The first-order chi connectivity index (χ1) is 10.6. The Morgan fingerprint density at radius 3 is 2.78 bits per heavy atom. The number of alkyl halides is 2. The molecular weight excluding hydrogens is 326 g/mol. The molecule has 1 aromatic rings. The molecule has 1 fully saturated rings. The molecule has 0 radical (unpaired) electrons. The second-order valence-electron chi connectivity index (χ2n) is 5.42. The zero-order valence-electron chi connectivity index (χ0n) is 13.6. The van der Waals surface area contributed by atoms with Crippen molar-refractivity contribution >= 4 is 12.4 Å². The fourth-order valence-corrected chi connectivity index (χ4v) is 2.92. The van der Waals surface area contributed by atoms with Gasteiger partial charge in [-0.3, -0.25) is 4.90 Å². The number of likely N-dealkylation sites (N-methyl/N-ethyl adjacent to an activating group) is 1. The molecule has 1 aliphatic rings. The molecule has 1 unspecified atom stereocenters. The average molecular weight is 351 g/mol. The molecule has 0 saturated carbocycles. The van der Waals surface area contributed by atoms with Crippen LogP contribution in [-0.2, 0) is 6.54 Å². The minimum absolute atomic E-state index is 0. The molecule has 0 bridgehead atoms. The summed E-state index contributed by atoms with van der Waals surface area (Å²) in [7, 11) is 1.96. The summed E-state index contributed by atoms with van der Waals surface area (Å²) in [6, 6.07) is 5.72. The van der Waals surface area contributed by atoms with Crippen LogP contribution in [0.15, 0.2) is 18.2 Å². The number of ether oxygens (including phenoxy) is 2. The summed E-state index contributed by atoms with van der Waals surface area (Å²) in [5.41, 5.74) is 1.05. The molecule has 0 amide bonds. The normalized spacial score (nSPS) is 18.0. The van der Waals surface area contributed by atoms with Crippen LogP contribution in [0.4, 0.5) is 8.78 Å². The fraction of sp³-hybridized carbons (Fsp3) is 0.625. The Morgan fingerprint density at radius 2 is 2.13 bits per heavy atom. The van der Waals surface area contributed by atoms with Crippen molar-refractivity contribution in [2.75, 3.05) is 26.7 Å². The van der Waals surface area contributed by atoms with Crippen molar-refractivity contribution in [3.05, 3.63) is 23.8 Å². The predicted octanol–water partition coefficient (Wildman–Crippen LogP) is 3.29. The maximum atomic E-state index is 12.4. The second kappa shape index (κ2) is 9.90. The van der Waals surface area contributed by atoms with Crippen LogP contribution in [0.5, 0.6) is 11.5 Å². The molecular formula is C16H25ClF2N2O2. The van der Waals surface area contributed by atoms with E-state index in [-0.39, 0.29) is 18.2 Å². The van der Waals surface area contributed by atoms with Crippen LogP contribution >= 0.6 is 12.4 Å². The molecule has 132 valence electrons. The van der Waals surface area contributed by atoms with Gasteiger partial charge in [0.1, 0.15) is 0 Å². The van der Waals surface area contributed by atoms with E-state index < -0.39 is 6.61 Å². The van der Waals surface area contributed by atoms with Crippen LogP contribution in [-0.4, -0.2) is 44.3 Å². The lowest BCUT2D eigenvalue weighted by molar-refractivity contribution is -0.0514. The summed E-state index contributed by atoms with van der Waals surface area (Å²) in [5.74, 6) is 0.471. The van der Waals surface area contributed by atoms with Gasteiger partial charge in [0.15, 0.2) is 11.5 Å². The first-order valence-electron chi connectivity index (χ1n) is 7.73. The first-order valence-corrected chi connectivity index (χ1v) is 7.73. The van der Waals surface area contributed by atoms with Gasteiger partial charge in [-0.15, -0.1) is 12.4 Å². The van der Waals surface area contributed by atoms with E-state index in [0.29, 0.717) is 18.4 Å². The van der Waals surface area contributed by atoms with Crippen molar-refractivity contribution in [1.29, 1.82) is 0 Å². The van der Waals surface area contributed by atoms with Crippen molar-refractivity contribution in [2.45, 2.75) is 39.0 Å². The first kappa shape index (κ1) is 19.9. The smallest absolute Gasteiger partial charge is 0.387 e. The van der Waals surface area contributed by atoms with Gasteiger partial charge in [0.25, 0.3) is 0 Å². The lowest BCUT2D eigenvalue weighted by atomic mass is 10.1. The zero-order chi connectivity index (χ0) is 15.9. The lowest BCUT2D eigenvalue weighted by Gasteiger charge is -2.24. The standard InChI is InChI=1S/C16H24F2N2O2.ClH/c1-3-21-15-9-12(6-7-14(15)22-16(17)18)11-20-8-4-5-13(20)10-19-2;/h6-7,9,13,16,19H,3-5,8,10-11H2,1-2H3;1H. The molecule has 1 heterocycles. The van der Waals surface area contributed by atoms with E-state index in [9.17, 15) is 8.78 Å². The number of rotatable bonds is 8. The van der Waals surface area contributed by atoms with E-state index in [1.807, 2.05) is 20.0 Å². The van der Waals surface area contributed by atoms with Gasteiger partial charge in [0.05, 0.1) is 6.61 Å². The van der Waals surface area contributed by atoms with Crippen molar-refractivity contribution in [3.8, 4) is 11.5 Å². The number of likely N-dealkylation sites (tertiary alicyclic amines) is 1. The van der Waals surface area contributed by atoms with Gasteiger partial charge in [-0.1, -0.05) is 6.07 Å². The summed E-state index contributed by atoms with van der Waals surface area (Å²) in [6.07, 6.45) is 2.38. The van der Waals surface area contributed by atoms with Crippen molar-refractivity contribution in [1.82, 2.24) is 10.2 Å². The zero-order valence-corrected chi connectivity index (χ0v) is 14.4. The third kappa shape index (κ3) is 5.79. The van der Waals surface area contributed by atoms with E-state index in [0.717, 1.165) is 25.2 Å². The van der Waals surface area contributed by atoms with Gasteiger partial charge < -0.3 is 14.8 Å². The monoisotopic (exact) mass is 350 g/mol. The molecule has 1 saturated heterocycles. The number of halogens is 3. The van der Waals surface area contributed by atoms with Gasteiger partial charge in [0.2, 0.25) is 0 Å². The Morgan fingerprint density at radius 1 is 1.35 bits per heavy atom. The van der Waals surface area contributed by atoms with Crippen molar-refractivity contribution in [2.24, 2.45) is 0 Å². The molecule has 1 aliphatic heterocycles.